The van der Waals surface area contributed by atoms with Crippen molar-refractivity contribution in [3.05, 3.63) is 35.4 Å². The van der Waals surface area contributed by atoms with Gasteiger partial charge < -0.3 is 5.32 Å². The third kappa shape index (κ3) is 2.58. The highest BCUT2D eigenvalue weighted by atomic mass is 14.8. The highest BCUT2D eigenvalue weighted by Crippen LogP contribution is 2.26. The van der Waals surface area contributed by atoms with E-state index in [-0.39, 0.29) is 0 Å². The van der Waals surface area contributed by atoms with Crippen LogP contribution in [0.5, 0.6) is 0 Å². The van der Waals surface area contributed by atoms with Crippen LogP contribution in [0.1, 0.15) is 30.9 Å². The molecule has 0 radical (unpaired) electrons. The van der Waals surface area contributed by atoms with Gasteiger partial charge in [-0.25, -0.2) is 0 Å². The summed E-state index contributed by atoms with van der Waals surface area (Å²) in [6.07, 6.45) is 0. The maximum absolute atomic E-state index is 3.27. The summed E-state index contributed by atoms with van der Waals surface area (Å²) in [5, 5.41) is 3.27. The molecule has 1 rings (SSSR count). The van der Waals surface area contributed by atoms with Crippen molar-refractivity contribution in [1.29, 1.82) is 0 Å². The zero-order chi connectivity index (χ0) is 10.6. The predicted octanol–water partition coefficient (Wildman–Crippen LogP) is 2.95. The van der Waals surface area contributed by atoms with Crippen LogP contribution in [0.15, 0.2) is 24.3 Å². The summed E-state index contributed by atoms with van der Waals surface area (Å²) in [5.41, 5.74) is 2.89. The third-order valence-corrected chi connectivity index (χ3v) is 2.82. The molecule has 0 amide bonds. The number of aryl methyl sites for hydroxylation is 1. The molecule has 1 aromatic carbocycles. The van der Waals surface area contributed by atoms with Crippen molar-refractivity contribution in [2.45, 2.75) is 26.7 Å². The number of hydrogen-bond acceptors (Lipinski definition) is 1. The molecule has 1 unspecified atom stereocenters. The lowest BCUT2D eigenvalue weighted by atomic mass is 9.86. The van der Waals surface area contributed by atoms with E-state index in [2.05, 4.69) is 50.4 Å². The molecule has 0 aliphatic carbocycles. The van der Waals surface area contributed by atoms with Gasteiger partial charge in [0.05, 0.1) is 0 Å². The number of hydrogen-bond donors (Lipinski definition) is 1. The second-order valence-electron chi connectivity index (χ2n) is 4.26. The monoisotopic (exact) mass is 191 g/mol. The molecule has 0 saturated heterocycles. The lowest BCUT2D eigenvalue weighted by Gasteiger charge is -2.22. The van der Waals surface area contributed by atoms with Crippen LogP contribution in [0.25, 0.3) is 0 Å². The van der Waals surface area contributed by atoms with Crippen LogP contribution in [-0.2, 0) is 0 Å². The van der Waals surface area contributed by atoms with Gasteiger partial charge in [-0.15, -0.1) is 0 Å². The minimum atomic E-state index is 0.626. The first-order chi connectivity index (χ1) is 6.66. The molecule has 0 aromatic heterocycles. The molecule has 1 N–H and O–H groups in total. The second-order valence-corrected chi connectivity index (χ2v) is 4.26. The molecule has 1 atom stereocenters. The van der Waals surface area contributed by atoms with Gasteiger partial charge >= 0.3 is 0 Å². The predicted molar refractivity (Wildman–Crippen MR) is 62.7 cm³/mol. The Labute approximate surface area is 87.5 Å². The van der Waals surface area contributed by atoms with E-state index in [1.165, 1.54) is 11.1 Å². The second kappa shape index (κ2) is 5.16. The standard InChI is InChI=1S/C13H21N/c1-10(2)13(9-14-4)12-8-6-5-7-11(12)3/h5-8,10,13-14H,9H2,1-4H3. The lowest BCUT2D eigenvalue weighted by molar-refractivity contribution is 0.476. The van der Waals surface area contributed by atoms with E-state index < -0.39 is 0 Å². The Morgan fingerprint density at radius 3 is 2.36 bits per heavy atom. The number of benzene rings is 1. The van der Waals surface area contributed by atoms with E-state index in [4.69, 9.17) is 0 Å². The molecular weight excluding hydrogens is 170 g/mol. The minimum Gasteiger partial charge on any atom is -0.319 e. The summed E-state index contributed by atoms with van der Waals surface area (Å²) >= 11 is 0. The van der Waals surface area contributed by atoms with Crippen molar-refractivity contribution in [3.63, 3.8) is 0 Å². The Bertz CT molecular complexity index is 278. The summed E-state index contributed by atoms with van der Waals surface area (Å²) in [4.78, 5) is 0. The van der Waals surface area contributed by atoms with Gasteiger partial charge in [0.15, 0.2) is 0 Å². The van der Waals surface area contributed by atoms with Gasteiger partial charge in [0.1, 0.15) is 0 Å². The van der Waals surface area contributed by atoms with Crippen molar-refractivity contribution in [1.82, 2.24) is 5.32 Å². The first-order valence-corrected chi connectivity index (χ1v) is 5.37. The number of likely N-dealkylation sites (N-methyl/N-ethyl adjacent to an activating group) is 1. The average molecular weight is 191 g/mol. The van der Waals surface area contributed by atoms with Gasteiger partial charge in [0.2, 0.25) is 0 Å². The smallest absolute Gasteiger partial charge is 0.00197 e. The van der Waals surface area contributed by atoms with Gasteiger partial charge in [0.25, 0.3) is 0 Å². The van der Waals surface area contributed by atoms with Crippen molar-refractivity contribution in [2.75, 3.05) is 13.6 Å². The summed E-state index contributed by atoms with van der Waals surface area (Å²) in [6, 6.07) is 8.68. The molecule has 14 heavy (non-hydrogen) atoms. The van der Waals surface area contributed by atoms with Crippen molar-refractivity contribution in [3.8, 4) is 0 Å². The molecule has 0 saturated carbocycles. The molecule has 0 spiro atoms. The molecule has 78 valence electrons. The Kier molecular flexibility index (Phi) is 4.15. The van der Waals surface area contributed by atoms with Gasteiger partial charge in [-0.05, 0) is 36.9 Å². The van der Waals surface area contributed by atoms with E-state index >= 15 is 0 Å². The minimum absolute atomic E-state index is 0.626. The SMILES string of the molecule is CNCC(c1ccccc1C)C(C)C. The van der Waals surface area contributed by atoms with Crippen LogP contribution in [0, 0.1) is 12.8 Å². The van der Waals surface area contributed by atoms with Crippen LogP contribution >= 0.6 is 0 Å². The van der Waals surface area contributed by atoms with Crippen molar-refractivity contribution >= 4 is 0 Å². The lowest BCUT2D eigenvalue weighted by Crippen LogP contribution is -2.22. The fourth-order valence-corrected chi connectivity index (χ4v) is 1.93. The largest absolute Gasteiger partial charge is 0.319 e. The molecular formula is C13H21N. The first-order valence-electron chi connectivity index (χ1n) is 5.37. The highest BCUT2D eigenvalue weighted by Gasteiger charge is 2.15. The Morgan fingerprint density at radius 2 is 1.86 bits per heavy atom. The van der Waals surface area contributed by atoms with Crippen LogP contribution in [-0.4, -0.2) is 13.6 Å². The van der Waals surface area contributed by atoms with Gasteiger partial charge in [0, 0.05) is 6.54 Å². The van der Waals surface area contributed by atoms with Gasteiger partial charge in [-0.2, -0.15) is 0 Å². The zero-order valence-electron chi connectivity index (χ0n) is 9.67. The molecule has 0 aliphatic heterocycles. The normalized spacial score (nSPS) is 13.2. The fourth-order valence-electron chi connectivity index (χ4n) is 1.93. The quantitative estimate of drug-likeness (QED) is 0.771. The number of rotatable bonds is 4. The molecule has 0 aliphatic rings. The van der Waals surface area contributed by atoms with Crippen LogP contribution in [0.3, 0.4) is 0 Å². The van der Waals surface area contributed by atoms with E-state index in [1.807, 2.05) is 7.05 Å². The maximum atomic E-state index is 3.27. The summed E-state index contributed by atoms with van der Waals surface area (Å²) in [5.74, 6) is 1.31. The Morgan fingerprint density at radius 1 is 1.21 bits per heavy atom. The summed E-state index contributed by atoms with van der Waals surface area (Å²) in [6.45, 7) is 7.83. The summed E-state index contributed by atoms with van der Waals surface area (Å²) in [7, 11) is 2.02. The van der Waals surface area contributed by atoms with Crippen molar-refractivity contribution in [2.24, 2.45) is 5.92 Å². The van der Waals surface area contributed by atoms with Gasteiger partial charge in [-0.1, -0.05) is 38.1 Å². The Balaban J connectivity index is 2.93. The molecule has 1 heteroatoms. The molecule has 0 heterocycles. The molecule has 0 bridgehead atoms. The van der Waals surface area contributed by atoms with E-state index in [0.717, 1.165) is 6.54 Å². The van der Waals surface area contributed by atoms with Crippen molar-refractivity contribution < 1.29 is 0 Å². The Hall–Kier alpha value is -0.820. The first kappa shape index (κ1) is 11.3. The average Bonchev–Trinajstić information content (AvgIpc) is 2.15. The summed E-state index contributed by atoms with van der Waals surface area (Å²) < 4.78 is 0. The van der Waals surface area contributed by atoms with E-state index in [0.29, 0.717) is 11.8 Å². The van der Waals surface area contributed by atoms with Crippen LogP contribution in [0.4, 0.5) is 0 Å². The zero-order valence-corrected chi connectivity index (χ0v) is 9.67. The fraction of sp³-hybridized carbons (Fsp3) is 0.538. The third-order valence-electron chi connectivity index (χ3n) is 2.82. The van der Waals surface area contributed by atoms with Crippen LogP contribution < -0.4 is 5.32 Å². The molecule has 1 nitrogen and oxygen atoms in total. The topological polar surface area (TPSA) is 12.0 Å². The molecule has 0 fully saturated rings. The van der Waals surface area contributed by atoms with Gasteiger partial charge in [-0.3, -0.25) is 0 Å². The van der Waals surface area contributed by atoms with E-state index in [9.17, 15) is 0 Å². The highest BCUT2D eigenvalue weighted by molar-refractivity contribution is 5.29. The molecule has 1 aromatic rings. The maximum Gasteiger partial charge on any atom is 0.00197 e. The van der Waals surface area contributed by atoms with E-state index in [1.54, 1.807) is 0 Å². The van der Waals surface area contributed by atoms with Crippen LogP contribution in [0.2, 0.25) is 0 Å². The number of nitrogens with one attached hydrogen (secondary N) is 1.